The number of carbonyl (C=O) groups is 3. The monoisotopic (exact) mass is 498 g/mol. The van der Waals surface area contributed by atoms with E-state index in [1.54, 1.807) is 42.5 Å². The van der Waals surface area contributed by atoms with Crippen LogP contribution in [0.15, 0.2) is 78.9 Å². The fraction of sp³-hybridized carbons (Fsp3) is 0.300. The van der Waals surface area contributed by atoms with Gasteiger partial charge in [-0.3, -0.25) is 14.4 Å². The first kappa shape index (κ1) is 25.9. The van der Waals surface area contributed by atoms with E-state index >= 15 is 0 Å². The van der Waals surface area contributed by atoms with Gasteiger partial charge in [0, 0.05) is 35.6 Å². The Balaban J connectivity index is 1.30. The second-order valence-corrected chi connectivity index (χ2v) is 9.38. The minimum absolute atomic E-state index is 0.00722. The van der Waals surface area contributed by atoms with E-state index in [4.69, 9.17) is 0 Å². The number of benzene rings is 3. The van der Waals surface area contributed by atoms with Crippen molar-refractivity contribution in [3.63, 3.8) is 0 Å². The summed E-state index contributed by atoms with van der Waals surface area (Å²) in [6.07, 6.45) is 4.38. The van der Waals surface area contributed by atoms with Crippen LogP contribution in [0.1, 0.15) is 64.9 Å². The summed E-state index contributed by atoms with van der Waals surface area (Å²) < 4.78 is 0. The van der Waals surface area contributed by atoms with Gasteiger partial charge in [0.15, 0.2) is 0 Å². The fourth-order valence-electron chi connectivity index (χ4n) is 4.45. The predicted octanol–water partition coefficient (Wildman–Crippen LogP) is 5.24. The maximum atomic E-state index is 12.9. The van der Waals surface area contributed by atoms with E-state index in [0.29, 0.717) is 22.5 Å². The molecule has 0 aliphatic carbocycles. The van der Waals surface area contributed by atoms with E-state index in [2.05, 4.69) is 16.0 Å². The number of anilines is 2. The quantitative estimate of drug-likeness (QED) is 0.396. The SMILES string of the molecule is CC(NC(=O)c1cccc(NCC(=O)Nc2cccc(C(=O)N3CCCCCC3)c2)c1)c1ccccc1. The molecule has 3 amide bonds. The zero-order chi connectivity index (χ0) is 26.0. The topological polar surface area (TPSA) is 90.5 Å². The average molecular weight is 499 g/mol. The van der Waals surface area contributed by atoms with Crippen molar-refractivity contribution < 1.29 is 14.4 Å². The van der Waals surface area contributed by atoms with Crippen molar-refractivity contribution in [1.29, 1.82) is 0 Å². The Morgan fingerprint density at radius 2 is 1.43 bits per heavy atom. The van der Waals surface area contributed by atoms with Crippen LogP contribution in [-0.4, -0.2) is 42.3 Å². The zero-order valence-corrected chi connectivity index (χ0v) is 21.2. The Labute approximate surface area is 218 Å². The fourth-order valence-corrected chi connectivity index (χ4v) is 4.45. The highest BCUT2D eigenvalue weighted by Gasteiger charge is 2.18. The van der Waals surface area contributed by atoms with Gasteiger partial charge in [0.1, 0.15) is 0 Å². The van der Waals surface area contributed by atoms with Crippen LogP contribution in [0.2, 0.25) is 0 Å². The summed E-state index contributed by atoms with van der Waals surface area (Å²) in [6, 6.07) is 23.8. The lowest BCUT2D eigenvalue weighted by molar-refractivity contribution is -0.114. The lowest BCUT2D eigenvalue weighted by atomic mass is 10.1. The summed E-state index contributed by atoms with van der Waals surface area (Å²) >= 11 is 0. The number of nitrogens with zero attached hydrogens (tertiary/aromatic N) is 1. The molecule has 1 unspecified atom stereocenters. The van der Waals surface area contributed by atoms with Gasteiger partial charge >= 0.3 is 0 Å². The van der Waals surface area contributed by atoms with Gasteiger partial charge in [0.25, 0.3) is 11.8 Å². The predicted molar refractivity (Wildman–Crippen MR) is 147 cm³/mol. The highest BCUT2D eigenvalue weighted by atomic mass is 16.2. The van der Waals surface area contributed by atoms with Gasteiger partial charge in [-0.1, -0.05) is 55.3 Å². The summed E-state index contributed by atoms with van der Waals surface area (Å²) in [5, 5.41) is 8.93. The van der Waals surface area contributed by atoms with Crippen molar-refractivity contribution in [3.05, 3.63) is 95.6 Å². The molecular weight excluding hydrogens is 464 g/mol. The minimum Gasteiger partial charge on any atom is -0.376 e. The first-order valence-corrected chi connectivity index (χ1v) is 12.9. The highest BCUT2D eigenvalue weighted by molar-refractivity contribution is 5.98. The molecule has 3 aromatic rings. The van der Waals surface area contributed by atoms with Crippen LogP contribution in [0, 0.1) is 0 Å². The molecule has 37 heavy (non-hydrogen) atoms. The number of hydrogen-bond donors (Lipinski definition) is 3. The number of likely N-dealkylation sites (tertiary alicyclic amines) is 1. The first-order chi connectivity index (χ1) is 18.0. The van der Waals surface area contributed by atoms with Gasteiger partial charge in [0.2, 0.25) is 5.91 Å². The zero-order valence-electron chi connectivity index (χ0n) is 21.2. The van der Waals surface area contributed by atoms with Gasteiger partial charge in [-0.05, 0) is 61.7 Å². The maximum Gasteiger partial charge on any atom is 0.253 e. The van der Waals surface area contributed by atoms with Gasteiger partial charge in [0.05, 0.1) is 12.6 Å². The molecule has 0 saturated carbocycles. The highest BCUT2D eigenvalue weighted by Crippen LogP contribution is 2.17. The maximum absolute atomic E-state index is 12.9. The summed E-state index contributed by atoms with van der Waals surface area (Å²) in [6.45, 7) is 3.52. The van der Waals surface area contributed by atoms with Crippen molar-refractivity contribution in [3.8, 4) is 0 Å². The van der Waals surface area contributed by atoms with E-state index in [9.17, 15) is 14.4 Å². The molecule has 1 aliphatic rings. The number of carbonyl (C=O) groups excluding carboxylic acids is 3. The van der Waals surface area contributed by atoms with Crippen molar-refractivity contribution in [2.45, 2.75) is 38.6 Å². The molecule has 0 aromatic heterocycles. The second kappa shape index (κ2) is 12.7. The number of amides is 3. The molecule has 1 aliphatic heterocycles. The first-order valence-electron chi connectivity index (χ1n) is 12.9. The number of nitrogens with one attached hydrogen (secondary N) is 3. The van der Waals surface area contributed by atoms with Crippen LogP contribution in [0.4, 0.5) is 11.4 Å². The van der Waals surface area contributed by atoms with Gasteiger partial charge in [-0.25, -0.2) is 0 Å². The Kier molecular flexibility index (Phi) is 8.92. The van der Waals surface area contributed by atoms with Crippen LogP contribution >= 0.6 is 0 Å². The molecular formula is C30H34N4O3. The lowest BCUT2D eigenvalue weighted by Gasteiger charge is -2.20. The molecule has 3 N–H and O–H groups in total. The molecule has 3 aromatic carbocycles. The van der Waals surface area contributed by atoms with Crippen molar-refractivity contribution >= 4 is 29.1 Å². The summed E-state index contributed by atoms with van der Waals surface area (Å²) in [5.74, 6) is -0.421. The standard InChI is InChI=1S/C30H34N4O3/c1-22(23-11-5-4-6-12-23)32-29(36)24-13-9-15-26(19-24)31-21-28(35)33-27-16-10-14-25(20-27)30(37)34-17-7-2-3-8-18-34/h4-6,9-16,19-20,22,31H,2-3,7-8,17-18,21H2,1H3,(H,32,36)(H,33,35). The second-order valence-electron chi connectivity index (χ2n) is 9.38. The average Bonchev–Trinajstić information content (AvgIpc) is 3.22. The molecule has 7 heteroatoms. The molecule has 1 atom stereocenters. The van der Waals surface area contributed by atoms with E-state index in [0.717, 1.165) is 44.3 Å². The molecule has 0 radical (unpaired) electrons. The molecule has 4 rings (SSSR count). The van der Waals surface area contributed by atoms with E-state index in [-0.39, 0.29) is 30.3 Å². The van der Waals surface area contributed by atoms with Crippen molar-refractivity contribution in [1.82, 2.24) is 10.2 Å². The Hall–Kier alpha value is -4.13. The third-order valence-corrected chi connectivity index (χ3v) is 6.51. The lowest BCUT2D eigenvalue weighted by Crippen LogP contribution is -2.31. The Bertz CT molecular complexity index is 1220. The molecule has 1 heterocycles. The Morgan fingerprint density at radius 1 is 0.784 bits per heavy atom. The van der Waals surface area contributed by atoms with E-state index < -0.39 is 0 Å². The Morgan fingerprint density at radius 3 is 2.16 bits per heavy atom. The third-order valence-electron chi connectivity index (χ3n) is 6.51. The van der Waals surface area contributed by atoms with Crippen LogP contribution in [0.5, 0.6) is 0 Å². The normalized spacial score (nSPS) is 14.2. The summed E-state index contributed by atoms with van der Waals surface area (Å²) in [7, 11) is 0. The van der Waals surface area contributed by atoms with Crippen LogP contribution in [0.25, 0.3) is 0 Å². The summed E-state index contributed by atoms with van der Waals surface area (Å²) in [4.78, 5) is 40.1. The van der Waals surface area contributed by atoms with Gasteiger partial charge < -0.3 is 20.9 Å². The molecule has 192 valence electrons. The molecule has 0 spiro atoms. The molecule has 1 fully saturated rings. The number of hydrogen-bond acceptors (Lipinski definition) is 4. The smallest absolute Gasteiger partial charge is 0.253 e. The van der Waals surface area contributed by atoms with Crippen LogP contribution < -0.4 is 16.0 Å². The molecule has 0 bridgehead atoms. The van der Waals surface area contributed by atoms with Crippen molar-refractivity contribution in [2.24, 2.45) is 0 Å². The van der Waals surface area contributed by atoms with Gasteiger partial charge in [-0.15, -0.1) is 0 Å². The largest absolute Gasteiger partial charge is 0.376 e. The van der Waals surface area contributed by atoms with Gasteiger partial charge in [-0.2, -0.15) is 0 Å². The van der Waals surface area contributed by atoms with Crippen molar-refractivity contribution in [2.75, 3.05) is 30.3 Å². The third kappa shape index (κ3) is 7.43. The van der Waals surface area contributed by atoms with E-state index in [1.807, 2.05) is 48.2 Å². The molecule has 1 saturated heterocycles. The summed E-state index contributed by atoms with van der Waals surface area (Å²) in [5.41, 5.74) is 3.36. The van der Waals surface area contributed by atoms with Crippen LogP contribution in [0.3, 0.4) is 0 Å². The molecule has 7 nitrogen and oxygen atoms in total. The van der Waals surface area contributed by atoms with Crippen LogP contribution in [-0.2, 0) is 4.79 Å². The number of rotatable bonds is 8. The van der Waals surface area contributed by atoms with E-state index in [1.165, 1.54) is 0 Å². The minimum atomic E-state index is -0.244.